The molecule has 1 unspecified atom stereocenters. The minimum absolute atomic E-state index is 0.528. The molecule has 1 aromatic carbocycles. The molecule has 2 nitrogen and oxygen atoms in total. The van der Waals surface area contributed by atoms with E-state index in [0.29, 0.717) is 5.92 Å². The predicted molar refractivity (Wildman–Crippen MR) is 80.4 cm³/mol. The van der Waals surface area contributed by atoms with Gasteiger partial charge < -0.3 is 10.6 Å². The van der Waals surface area contributed by atoms with E-state index in [2.05, 4.69) is 53.7 Å². The van der Waals surface area contributed by atoms with Crippen LogP contribution in [0, 0.1) is 0 Å². The van der Waals surface area contributed by atoms with Crippen LogP contribution in [0.1, 0.15) is 17.2 Å². The Balaban J connectivity index is 2.05. The summed E-state index contributed by atoms with van der Waals surface area (Å²) in [6.45, 7) is 1.76. The lowest BCUT2D eigenvalue weighted by Crippen LogP contribution is -2.25. The number of hydrogen-bond acceptors (Lipinski definition) is 3. The van der Waals surface area contributed by atoms with Crippen molar-refractivity contribution < 1.29 is 0 Å². The first-order chi connectivity index (χ1) is 8.81. The van der Waals surface area contributed by atoms with E-state index in [1.165, 1.54) is 10.6 Å². The summed E-state index contributed by atoms with van der Waals surface area (Å²) in [5, 5.41) is 2.14. The molecule has 2 N–H and O–H groups in total. The third kappa shape index (κ3) is 3.34. The van der Waals surface area contributed by atoms with Crippen LogP contribution in [0.4, 0.5) is 5.69 Å². The molecule has 96 valence electrons. The summed E-state index contributed by atoms with van der Waals surface area (Å²) in [5.74, 6) is 0.528. The number of rotatable bonds is 6. The lowest BCUT2D eigenvalue weighted by atomic mass is 10.0. The Morgan fingerprint density at radius 1 is 1.17 bits per heavy atom. The van der Waals surface area contributed by atoms with Crippen molar-refractivity contribution in [3.63, 3.8) is 0 Å². The molecule has 0 spiro atoms. The van der Waals surface area contributed by atoms with Crippen LogP contribution in [-0.2, 0) is 0 Å². The first-order valence-electron chi connectivity index (χ1n) is 6.31. The summed E-state index contributed by atoms with van der Waals surface area (Å²) in [6.07, 6.45) is 1.04. The molecule has 1 atom stereocenters. The van der Waals surface area contributed by atoms with Gasteiger partial charge in [-0.25, -0.2) is 0 Å². The topological polar surface area (TPSA) is 29.3 Å². The molecule has 0 amide bonds. The van der Waals surface area contributed by atoms with Gasteiger partial charge in [-0.1, -0.05) is 24.3 Å². The maximum Gasteiger partial charge on any atom is 0.0363 e. The van der Waals surface area contributed by atoms with Crippen LogP contribution in [0.3, 0.4) is 0 Å². The van der Waals surface area contributed by atoms with Crippen LogP contribution in [0.2, 0.25) is 0 Å². The molecular formula is C15H20N2S. The lowest BCUT2D eigenvalue weighted by Gasteiger charge is -2.25. The molecule has 3 heteroatoms. The van der Waals surface area contributed by atoms with Crippen molar-refractivity contribution in [1.82, 2.24) is 0 Å². The Morgan fingerprint density at radius 2 is 1.94 bits per heavy atom. The van der Waals surface area contributed by atoms with Gasteiger partial charge in [0.2, 0.25) is 0 Å². The first-order valence-corrected chi connectivity index (χ1v) is 7.19. The quantitative estimate of drug-likeness (QED) is 0.863. The molecule has 0 radical (unpaired) electrons. The molecule has 0 aliphatic rings. The number of nitrogens with zero attached hydrogens (tertiary/aromatic N) is 1. The van der Waals surface area contributed by atoms with Gasteiger partial charge in [0.15, 0.2) is 0 Å². The number of para-hydroxylation sites is 1. The summed E-state index contributed by atoms with van der Waals surface area (Å²) in [5.41, 5.74) is 7.00. The van der Waals surface area contributed by atoms with Crippen LogP contribution < -0.4 is 10.6 Å². The minimum atomic E-state index is 0.528. The van der Waals surface area contributed by atoms with Gasteiger partial charge in [-0.05, 0) is 36.5 Å². The largest absolute Gasteiger partial charge is 0.374 e. The van der Waals surface area contributed by atoms with Crippen LogP contribution in [0.25, 0.3) is 0 Å². The van der Waals surface area contributed by atoms with Crippen LogP contribution in [-0.4, -0.2) is 20.1 Å². The molecule has 0 aliphatic carbocycles. The Kier molecular flexibility index (Phi) is 4.79. The average Bonchev–Trinajstić information content (AvgIpc) is 2.93. The summed E-state index contributed by atoms with van der Waals surface area (Å²) >= 11 is 1.83. The number of nitrogens with two attached hydrogens (primary N) is 1. The molecule has 0 bridgehead atoms. The molecule has 0 saturated heterocycles. The molecule has 0 fully saturated rings. The Hall–Kier alpha value is -1.32. The van der Waals surface area contributed by atoms with Gasteiger partial charge in [0.1, 0.15) is 0 Å². The van der Waals surface area contributed by atoms with E-state index >= 15 is 0 Å². The van der Waals surface area contributed by atoms with E-state index in [1.807, 2.05) is 17.4 Å². The highest BCUT2D eigenvalue weighted by molar-refractivity contribution is 7.10. The van der Waals surface area contributed by atoms with Gasteiger partial charge in [0, 0.05) is 30.1 Å². The van der Waals surface area contributed by atoms with E-state index in [-0.39, 0.29) is 0 Å². The Morgan fingerprint density at radius 3 is 2.56 bits per heavy atom. The van der Waals surface area contributed by atoms with Crippen molar-refractivity contribution in [3.05, 3.63) is 52.7 Å². The maximum absolute atomic E-state index is 5.74. The molecule has 0 saturated carbocycles. The standard InChI is InChI=1S/C15H20N2S/c1-17(14-6-3-2-4-7-14)12-13(9-10-16)15-8-5-11-18-15/h2-8,11,13H,9-10,12,16H2,1H3. The van der Waals surface area contributed by atoms with Crippen LogP contribution >= 0.6 is 11.3 Å². The van der Waals surface area contributed by atoms with Gasteiger partial charge in [0.05, 0.1) is 0 Å². The zero-order valence-corrected chi connectivity index (χ0v) is 11.6. The highest BCUT2D eigenvalue weighted by Gasteiger charge is 2.14. The highest BCUT2D eigenvalue weighted by atomic mass is 32.1. The fraction of sp³-hybridized carbons (Fsp3) is 0.333. The molecule has 0 aliphatic heterocycles. The number of benzene rings is 1. The number of thiophene rings is 1. The average molecular weight is 260 g/mol. The van der Waals surface area contributed by atoms with Crippen molar-refractivity contribution in [3.8, 4) is 0 Å². The normalized spacial score (nSPS) is 12.3. The summed E-state index contributed by atoms with van der Waals surface area (Å²) < 4.78 is 0. The second kappa shape index (κ2) is 6.57. The first kappa shape index (κ1) is 13.1. The molecule has 1 aromatic heterocycles. The summed E-state index contributed by atoms with van der Waals surface area (Å²) in [7, 11) is 2.15. The van der Waals surface area contributed by atoms with Crippen molar-refractivity contribution >= 4 is 17.0 Å². The molecule has 2 rings (SSSR count). The van der Waals surface area contributed by atoms with Gasteiger partial charge in [0.25, 0.3) is 0 Å². The van der Waals surface area contributed by atoms with E-state index in [9.17, 15) is 0 Å². The second-order valence-corrected chi connectivity index (χ2v) is 5.49. The molecule has 18 heavy (non-hydrogen) atoms. The fourth-order valence-electron chi connectivity index (χ4n) is 2.17. The highest BCUT2D eigenvalue weighted by Crippen LogP contribution is 2.26. The van der Waals surface area contributed by atoms with Gasteiger partial charge >= 0.3 is 0 Å². The molecule has 2 aromatic rings. The predicted octanol–water partition coefficient (Wildman–Crippen LogP) is 3.32. The van der Waals surface area contributed by atoms with E-state index in [0.717, 1.165) is 19.5 Å². The van der Waals surface area contributed by atoms with Crippen molar-refractivity contribution in [2.24, 2.45) is 5.73 Å². The Labute approximate surface area is 113 Å². The fourth-order valence-corrected chi connectivity index (χ4v) is 3.02. The SMILES string of the molecule is CN(CC(CCN)c1cccs1)c1ccccc1. The Bertz CT molecular complexity index is 439. The van der Waals surface area contributed by atoms with Crippen molar-refractivity contribution in [2.45, 2.75) is 12.3 Å². The molecule has 1 heterocycles. The third-order valence-corrected chi connectivity index (χ3v) is 4.19. The monoisotopic (exact) mass is 260 g/mol. The molecular weight excluding hydrogens is 240 g/mol. The maximum atomic E-state index is 5.74. The van der Waals surface area contributed by atoms with Gasteiger partial charge in [-0.15, -0.1) is 11.3 Å². The lowest BCUT2D eigenvalue weighted by molar-refractivity contribution is 0.634. The summed E-state index contributed by atoms with van der Waals surface area (Å²) in [4.78, 5) is 3.74. The van der Waals surface area contributed by atoms with Crippen LogP contribution in [0.15, 0.2) is 47.8 Å². The summed E-state index contributed by atoms with van der Waals surface area (Å²) in [6, 6.07) is 14.8. The number of hydrogen-bond donors (Lipinski definition) is 1. The van der Waals surface area contributed by atoms with Crippen molar-refractivity contribution in [1.29, 1.82) is 0 Å². The van der Waals surface area contributed by atoms with Crippen LogP contribution in [0.5, 0.6) is 0 Å². The zero-order chi connectivity index (χ0) is 12.8. The van der Waals surface area contributed by atoms with E-state index < -0.39 is 0 Å². The van der Waals surface area contributed by atoms with E-state index in [1.54, 1.807) is 0 Å². The zero-order valence-electron chi connectivity index (χ0n) is 10.8. The van der Waals surface area contributed by atoms with E-state index in [4.69, 9.17) is 5.73 Å². The van der Waals surface area contributed by atoms with Gasteiger partial charge in [-0.2, -0.15) is 0 Å². The number of likely N-dealkylation sites (N-methyl/N-ethyl adjacent to an activating group) is 1. The van der Waals surface area contributed by atoms with Gasteiger partial charge in [-0.3, -0.25) is 0 Å². The number of anilines is 1. The smallest absolute Gasteiger partial charge is 0.0363 e. The minimum Gasteiger partial charge on any atom is -0.374 e. The second-order valence-electron chi connectivity index (χ2n) is 4.51. The third-order valence-electron chi connectivity index (χ3n) is 3.15. The van der Waals surface area contributed by atoms with Crippen molar-refractivity contribution in [2.75, 3.05) is 25.0 Å².